The highest BCUT2D eigenvalue weighted by Crippen LogP contribution is 2.28. The smallest absolute Gasteiger partial charge is 0.266 e. The summed E-state index contributed by atoms with van der Waals surface area (Å²) in [6, 6.07) is 15.4. The number of hydroxylamine groups is 2. The van der Waals surface area contributed by atoms with Gasteiger partial charge in [0.15, 0.2) is 0 Å². The zero-order valence-corrected chi connectivity index (χ0v) is 12.4. The third kappa shape index (κ3) is 2.75. The second kappa shape index (κ2) is 6.29. The monoisotopic (exact) mass is 313 g/mol. The quantitative estimate of drug-likeness (QED) is 0.522. The topological polar surface area (TPSA) is 76.1 Å². The summed E-state index contributed by atoms with van der Waals surface area (Å²) in [5, 5.41) is 9.87. The van der Waals surface area contributed by atoms with Crippen molar-refractivity contribution in [3.8, 4) is 0 Å². The number of nitrogens with zero attached hydrogens (tertiary/aromatic N) is 1. The molecule has 1 heterocycles. The van der Waals surface area contributed by atoms with E-state index in [0.29, 0.717) is 21.8 Å². The van der Waals surface area contributed by atoms with E-state index in [1.807, 2.05) is 6.07 Å². The van der Waals surface area contributed by atoms with Crippen molar-refractivity contribution in [2.75, 3.05) is 0 Å². The molecule has 3 rings (SSSR count). The molecule has 6 nitrogen and oxygen atoms in total. The third-order valence-electron chi connectivity index (χ3n) is 3.70. The third-order valence-corrected chi connectivity index (χ3v) is 3.70. The Hall–Kier alpha value is -2.54. The summed E-state index contributed by atoms with van der Waals surface area (Å²) in [7, 11) is 0. The minimum Gasteiger partial charge on any atom is -0.266 e. The lowest BCUT2D eigenvalue weighted by molar-refractivity contribution is -0.315. The van der Waals surface area contributed by atoms with Crippen LogP contribution in [0.2, 0.25) is 0 Å². The predicted octanol–water partition coefficient (Wildman–Crippen LogP) is 2.83. The highest BCUT2D eigenvalue weighted by Gasteiger charge is 2.39. The minimum atomic E-state index is -0.833. The molecule has 2 atom stereocenters. The number of carbonyl (C=O) groups excluding carboxylic acids is 2. The second-order valence-electron chi connectivity index (χ2n) is 5.20. The molecule has 23 heavy (non-hydrogen) atoms. The molecule has 6 heteroatoms. The molecule has 1 aliphatic heterocycles. The Kier molecular flexibility index (Phi) is 4.20. The lowest BCUT2D eigenvalue weighted by atomic mass is 10.1. The molecule has 2 aromatic rings. The molecule has 0 fully saturated rings. The normalized spacial score (nSPS) is 16.3. The van der Waals surface area contributed by atoms with Crippen LogP contribution in [0.25, 0.3) is 0 Å². The number of imide groups is 1. The van der Waals surface area contributed by atoms with E-state index in [0.717, 1.165) is 0 Å². The molecule has 118 valence electrons. The van der Waals surface area contributed by atoms with Gasteiger partial charge in [-0.15, -0.1) is 5.06 Å². The van der Waals surface area contributed by atoms with Gasteiger partial charge in [-0.3, -0.25) is 19.7 Å². The minimum absolute atomic E-state index is 0.297. The van der Waals surface area contributed by atoms with E-state index in [1.165, 1.54) is 0 Å². The van der Waals surface area contributed by atoms with Gasteiger partial charge in [-0.05, 0) is 24.6 Å². The molecule has 0 aromatic heterocycles. The van der Waals surface area contributed by atoms with Crippen LogP contribution in [0.5, 0.6) is 0 Å². The van der Waals surface area contributed by atoms with E-state index in [2.05, 4.69) is 4.89 Å². The highest BCUT2D eigenvalue weighted by molar-refractivity contribution is 6.20. The number of benzene rings is 2. The van der Waals surface area contributed by atoms with Gasteiger partial charge in [0.25, 0.3) is 11.8 Å². The number of carbonyl (C=O) groups is 2. The summed E-state index contributed by atoms with van der Waals surface area (Å²) in [6.45, 7) is 1.61. The first-order valence-electron chi connectivity index (χ1n) is 7.13. The predicted molar refractivity (Wildman–Crippen MR) is 80.4 cm³/mol. The largest absolute Gasteiger partial charge is 0.285 e. The second-order valence-corrected chi connectivity index (χ2v) is 5.20. The van der Waals surface area contributed by atoms with Crippen LogP contribution in [0.15, 0.2) is 54.6 Å². The van der Waals surface area contributed by atoms with Crippen LogP contribution in [-0.2, 0) is 9.73 Å². The Morgan fingerprint density at radius 3 is 1.96 bits per heavy atom. The SMILES string of the molecule is CC(ON1C(=O)c2ccccc2C1=O)C(OO)c1ccccc1. The van der Waals surface area contributed by atoms with Gasteiger partial charge in [-0.1, -0.05) is 42.5 Å². The molecule has 0 saturated carbocycles. The van der Waals surface area contributed by atoms with Gasteiger partial charge in [0.05, 0.1) is 11.1 Å². The van der Waals surface area contributed by atoms with E-state index in [4.69, 9.17) is 10.1 Å². The van der Waals surface area contributed by atoms with Crippen molar-refractivity contribution in [2.24, 2.45) is 0 Å². The van der Waals surface area contributed by atoms with Crippen molar-refractivity contribution in [1.82, 2.24) is 5.06 Å². The maximum absolute atomic E-state index is 12.3. The summed E-state index contributed by atoms with van der Waals surface area (Å²) in [5.41, 5.74) is 1.26. The molecule has 0 radical (unpaired) electrons. The van der Waals surface area contributed by atoms with E-state index in [1.54, 1.807) is 55.5 Å². The number of rotatable bonds is 5. The first kappa shape index (κ1) is 15.4. The maximum atomic E-state index is 12.3. The Balaban J connectivity index is 1.80. The fourth-order valence-electron chi connectivity index (χ4n) is 2.54. The van der Waals surface area contributed by atoms with E-state index >= 15 is 0 Å². The number of amides is 2. The Morgan fingerprint density at radius 1 is 0.913 bits per heavy atom. The molecule has 0 spiro atoms. The van der Waals surface area contributed by atoms with Gasteiger partial charge in [0.2, 0.25) is 0 Å². The molecule has 2 aromatic carbocycles. The van der Waals surface area contributed by atoms with Crippen molar-refractivity contribution >= 4 is 11.8 Å². The molecule has 0 bridgehead atoms. The molecule has 1 aliphatic rings. The molecular weight excluding hydrogens is 298 g/mol. The highest BCUT2D eigenvalue weighted by atomic mass is 17.1. The lowest BCUT2D eigenvalue weighted by Gasteiger charge is -2.24. The zero-order valence-electron chi connectivity index (χ0n) is 12.4. The van der Waals surface area contributed by atoms with Crippen molar-refractivity contribution in [1.29, 1.82) is 0 Å². The Morgan fingerprint density at radius 2 is 1.43 bits per heavy atom. The number of fused-ring (bicyclic) bond motifs is 1. The molecule has 0 saturated heterocycles. The zero-order chi connectivity index (χ0) is 16.4. The Bertz CT molecular complexity index is 696. The number of hydrogen-bond acceptors (Lipinski definition) is 5. The van der Waals surface area contributed by atoms with Crippen LogP contribution < -0.4 is 0 Å². The fourth-order valence-corrected chi connectivity index (χ4v) is 2.54. The van der Waals surface area contributed by atoms with Crippen LogP contribution >= 0.6 is 0 Å². The van der Waals surface area contributed by atoms with E-state index in [9.17, 15) is 9.59 Å². The van der Waals surface area contributed by atoms with E-state index in [-0.39, 0.29) is 0 Å². The standard InChI is InChI=1S/C17H15NO5/c1-11(15(23-21)12-7-3-2-4-8-12)22-18-16(19)13-9-5-6-10-14(13)17(18)20/h2-11,15,21H,1H3. The summed E-state index contributed by atoms with van der Waals surface area (Å²) in [4.78, 5) is 34.5. The van der Waals surface area contributed by atoms with Gasteiger partial charge < -0.3 is 0 Å². The van der Waals surface area contributed by atoms with Crippen LogP contribution in [0.4, 0.5) is 0 Å². The summed E-state index contributed by atoms with van der Waals surface area (Å²) >= 11 is 0. The fraction of sp³-hybridized carbons (Fsp3) is 0.176. The Labute approximate surface area is 132 Å². The first-order valence-corrected chi connectivity index (χ1v) is 7.13. The average Bonchev–Trinajstić information content (AvgIpc) is 2.82. The van der Waals surface area contributed by atoms with Gasteiger partial charge >= 0.3 is 0 Å². The van der Waals surface area contributed by atoms with Crippen LogP contribution in [0.3, 0.4) is 0 Å². The van der Waals surface area contributed by atoms with Crippen LogP contribution in [0, 0.1) is 0 Å². The molecule has 0 aliphatic carbocycles. The van der Waals surface area contributed by atoms with Gasteiger partial charge in [-0.2, -0.15) is 0 Å². The van der Waals surface area contributed by atoms with Crippen molar-refractivity contribution in [3.63, 3.8) is 0 Å². The van der Waals surface area contributed by atoms with Crippen molar-refractivity contribution < 1.29 is 24.6 Å². The van der Waals surface area contributed by atoms with Crippen molar-refractivity contribution in [3.05, 3.63) is 71.3 Å². The summed E-state index contributed by atoms with van der Waals surface area (Å²) < 4.78 is 0. The molecule has 2 unspecified atom stereocenters. The van der Waals surface area contributed by atoms with E-state index < -0.39 is 24.0 Å². The van der Waals surface area contributed by atoms with Gasteiger partial charge in [0, 0.05) is 0 Å². The maximum Gasteiger partial charge on any atom is 0.285 e. The van der Waals surface area contributed by atoms with Gasteiger partial charge in [-0.25, -0.2) is 4.89 Å². The average molecular weight is 313 g/mol. The van der Waals surface area contributed by atoms with Crippen molar-refractivity contribution in [2.45, 2.75) is 19.1 Å². The molecular formula is C17H15NO5. The first-order chi connectivity index (χ1) is 11.1. The molecule has 2 amide bonds. The van der Waals surface area contributed by atoms with Crippen LogP contribution in [-0.4, -0.2) is 28.2 Å². The van der Waals surface area contributed by atoms with Crippen LogP contribution in [0.1, 0.15) is 39.3 Å². The summed E-state index contributed by atoms with van der Waals surface area (Å²) in [5.74, 6) is -1.05. The lowest BCUT2D eigenvalue weighted by Crippen LogP contribution is -2.36. The summed E-state index contributed by atoms with van der Waals surface area (Å²) in [6.07, 6.45) is -1.59. The molecule has 1 N–H and O–H groups in total. The number of hydrogen-bond donors (Lipinski definition) is 1. The van der Waals surface area contributed by atoms with Gasteiger partial charge in [0.1, 0.15) is 12.2 Å².